The number of amides is 1. The van der Waals surface area contributed by atoms with Crippen molar-refractivity contribution < 1.29 is 21.6 Å². The van der Waals surface area contributed by atoms with Crippen LogP contribution in [0, 0.1) is 0 Å². The SMILES string of the molecule is CN(C)S(=O)(=O)c1ccc2c(c1)CCN2C(=O)CN(c1cccc(Cl)c1)S(=O)(=O)c1ccccc1. The van der Waals surface area contributed by atoms with Gasteiger partial charge in [-0.15, -0.1) is 0 Å². The molecule has 0 bridgehead atoms. The summed E-state index contributed by atoms with van der Waals surface area (Å²) in [6.07, 6.45) is 0.459. The van der Waals surface area contributed by atoms with Gasteiger partial charge in [-0.05, 0) is 60.5 Å². The average Bonchev–Trinajstić information content (AvgIpc) is 3.26. The van der Waals surface area contributed by atoms with Crippen LogP contribution < -0.4 is 9.21 Å². The van der Waals surface area contributed by atoms with Gasteiger partial charge in [0.05, 0.1) is 15.5 Å². The van der Waals surface area contributed by atoms with Gasteiger partial charge in [-0.1, -0.05) is 35.9 Å². The second-order valence-electron chi connectivity index (χ2n) is 8.18. The quantitative estimate of drug-likeness (QED) is 0.464. The highest BCUT2D eigenvalue weighted by Crippen LogP contribution is 2.32. The van der Waals surface area contributed by atoms with Crippen LogP contribution in [0.15, 0.2) is 82.6 Å². The summed E-state index contributed by atoms with van der Waals surface area (Å²) in [5, 5.41) is 0.337. The van der Waals surface area contributed by atoms with Gasteiger partial charge in [0, 0.05) is 31.4 Å². The van der Waals surface area contributed by atoms with Crippen molar-refractivity contribution in [1.82, 2.24) is 4.31 Å². The normalized spacial score (nSPS) is 13.7. The second kappa shape index (κ2) is 9.62. The largest absolute Gasteiger partial charge is 0.310 e. The molecule has 1 aliphatic heterocycles. The molecule has 0 N–H and O–H groups in total. The smallest absolute Gasteiger partial charge is 0.264 e. The van der Waals surface area contributed by atoms with Crippen molar-refractivity contribution in [2.45, 2.75) is 16.2 Å². The predicted molar refractivity (Wildman–Crippen MR) is 136 cm³/mol. The summed E-state index contributed by atoms with van der Waals surface area (Å²) in [5.74, 6) is -0.438. The summed E-state index contributed by atoms with van der Waals surface area (Å²) in [6.45, 7) is -0.136. The van der Waals surface area contributed by atoms with E-state index in [0.29, 0.717) is 29.2 Å². The number of nitrogens with zero attached hydrogens (tertiary/aromatic N) is 3. The van der Waals surface area contributed by atoms with Crippen LogP contribution >= 0.6 is 11.6 Å². The average molecular weight is 534 g/mol. The fraction of sp³-hybridized carbons (Fsp3) is 0.208. The highest BCUT2D eigenvalue weighted by Gasteiger charge is 2.32. The topological polar surface area (TPSA) is 95.1 Å². The first kappa shape index (κ1) is 25.2. The Morgan fingerprint density at radius 2 is 1.60 bits per heavy atom. The Balaban J connectivity index is 1.68. The molecule has 0 radical (unpaired) electrons. The molecule has 0 aliphatic carbocycles. The van der Waals surface area contributed by atoms with Gasteiger partial charge in [-0.3, -0.25) is 9.10 Å². The number of hydrogen-bond donors (Lipinski definition) is 0. The van der Waals surface area contributed by atoms with Crippen LogP contribution in [0.5, 0.6) is 0 Å². The van der Waals surface area contributed by atoms with Crippen LogP contribution in [0.1, 0.15) is 5.56 Å². The Morgan fingerprint density at radius 1 is 0.886 bits per heavy atom. The summed E-state index contributed by atoms with van der Waals surface area (Å²) in [5.41, 5.74) is 1.54. The minimum absolute atomic E-state index is 0.0492. The van der Waals surface area contributed by atoms with Crippen LogP contribution in [0.3, 0.4) is 0 Å². The van der Waals surface area contributed by atoms with E-state index in [2.05, 4.69) is 0 Å². The van der Waals surface area contributed by atoms with E-state index >= 15 is 0 Å². The van der Waals surface area contributed by atoms with Crippen molar-refractivity contribution in [2.75, 3.05) is 36.4 Å². The van der Waals surface area contributed by atoms with Crippen LogP contribution in [0.25, 0.3) is 0 Å². The van der Waals surface area contributed by atoms with E-state index in [1.54, 1.807) is 48.5 Å². The van der Waals surface area contributed by atoms with Crippen molar-refractivity contribution in [3.8, 4) is 0 Å². The van der Waals surface area contributed by atoms with Gasteiger partial charge in [0.15, 0.2) is 0 Å². The van der Waals surface area contributed by atoms with Gasteiger partial charge >= 0.3 is 0 Å². The number of benzene rings is 3. The molecular weight excluding hydrogens is 510 g/mol. The Labute approximate surface area is 210 Å². The van der Waals surface area contributed by atoms with E-state index in [4.69, 9.17) is 11.6 Å². The van der Waals surface area contributed by atoms with E-state index < -0.39 is 32.5 Å². The van der Waals surface area contributed by atoms with E-state index in [-0.39, 0.29) is 15.5 Å². The van der Waals surface area contributed by atoms with Crippen molar-refractivity contribution in [3.63, 3.8) is 0 Å². The number of hydrogen-bond acceptors (Lipinski definition) is 5. The molecule has 4 rings (SSSR count). The molecule has 1 heterocycles. The molecule has 184 valence electrons. The third kappa shape index (κ3) is 4.92. The van der Waals surface area contributed by atoms with Crippen LogP contribution in [-0.4, -0.2) is 54.2 Å². The maximum atomic E-state index is 13.5. The molecule has 11 heteroatoms. The van der Waals surface area contributed by atoms with Gasteiger partial charge in [0.25, 0.3) is 10.0 Å². The molecule has 3 aromatic carbocycles. The number of carbonyl (C=O) groups excluding carboxylic acids is 1. The molecule has 1 amide bonds. The summed E-state index contributed by atoms with van der Waals surface area (Å²) in [6, 6.07) is 18.8. The van der Waals surface area contributed by atoms with Crippen molar-refractivity contribution in [2.24, 2.45) is 0 Å². The van der Waals surface area contributed by atoms with Gasteiger partial charge in [0.2, 0.25) is 15.9 Å². The maximum absolute atomic E-state index is 13.5. The molecule has 0 saturated heterocycles. The monoisotopic (exact) mass is 533 g/mol. The molecule has 0 saturated carbocycles. The lowest BCUT2D eigenvalue weighted by Crippen LogP contribution is -2.42. The Morgan fingerprint density at radius 3 is 2.26 bits per heavy atom. The molecular formula is C24H24ClN3O5S2. The number of carbonyl (C=O) groups is 1. The lowest BCUT2D eigenvalue weighted by Gasteiger charge is -2.27. The highest BCUT2D eigenvalue weighted by atomic mass is 35.5. The summed E-state index contributed by atoms with van der Waals surface area (Å²) >= 11 is 6.12. The molecule has 1 aliphatic rings. The fourth-order valence-electron chi connectivity index (χ4n) is 3.88. The number of sulfonamides is 2. The molecule has 8 nitrogen and oxygen atoms in total. The second-order valence-corrected chi connectivity index (χ2v) is 12.6. The Hall–Kier alpha value is -2.92. The summed E-state index contributed by atoms with van der Waals surface area (Å²) in [7, 11) is -4.77. The molecule has 0 spiro atoms. The van der Waals surface area contributed by atoms with Crippen LogP contribution in [0.4, 0.5) is 11.4 Å². The fourth-order valence-corrected chi connectivity index (χ4v) is 6.45. The van der Waals surface area contributed by atoms with Gasteiger partial charge in [0.1, 0.15) is 6.54 Å². The molecule has 3 aromatic rings. The minimum Gasteiger partial charge on any atom is -0.310 e. The maximum Gasteiger partial charge on any atom is 0.264 e. The zero-order valence-electron chi connectivity index (χ0n) is 19.1. The first-order valence-electron chi connectivity index (χ1n) is 10.7. The van der Waals surface area contributed by atoms with Crippen molar-refractivity contribution in [1.29, 1.82) is 0 Å². The van der Waals surface area contributed by atoms with Crippen molar-refractivity contribution in [3.05, 3.63) is 83.4 Å². The van der Waals surface area contributed by atoms with Gasteiger partial charge in [-0.2, -0.15) is 0 Å². The zero-order valence-corrected chi connectivity index (χ0v) is 21.5. The molecule has 0 unspecified atom stereocenters. The van der Waals surface area contributed by atoms with E-state index in [1.807, 2.05) is 0 Å². The lowest BCUT2D eigenvalue weighted by molar-refractivity contribution is -0.117. The predicted octanol–water partition coefficient (Wildman–Crippen LogP) is 3.37. The Bertz CT molecular complexity index is 1480. The third-order valence-corrected chi connectivity index (χ3v) is 9.57. The number of fused-ring (bicyclic) bond motifs is 1. The van der Waals surface area contributed by atoms with E-state index in [1.165, 1.54) is 43.3 Å². The lowest BCUT2D eigenvalue weighted by atomic mass is 10.2. The summed E-state index contributed by atoms with van der Waals surface area (Å²) in [4.78, 5) is 15.1. The van der Waals surface area contributed by atoms with Crippen LogP contribution in [-0.2, 0) is 31.3 Å². The van der Waals surface area contributed by atoms with E-state index in [0.717, 1.165) is 8.61 Å². The number of halogens is 1. The van der Waals surface area contributed by atoms with Gasteiger partial charge in [-0.25, -0.2) is 21.1 Å². The third-order valence-electron chi connectivity index (χ3n) is 5.73. The standard InChI is InChI=1S/C24H24ClN3O5S2/c1-26(2)34(30,31)22-11-12-23-18(15-22)13-14-27(23)24(29)17-28(20-8-6-7-19(25)16-20)35(32,33)21-9-4-3-5-10-21/h3-12,15-16H,13-14,17H2,1-2H3. The molecule has 0 fully saturated rings. The van der Waals surface area contributed by atoms with Gasteiger partial charge < -0.3 is 4.90 Å². The van der Waals surface area contributed by atoms with Crippen LogP contribution in [0.2, 0.25) is 5.02 Å². The number of rotatable bonds is 7. The summed E-state index contributed by atoms with van der Waals surface area (Å²) < 4.78 is 54.1. The molecule has 0 aromatic heterocycles. The zero-order chi connectivity index (χ0) is 25.4. The van der Waals surface area contributed by atoms with Crippen molar-refractivity contribution >= 4 is 48.9 Å². The van der Waals surface area contributed by atoms with E-state index in [9.17, 15) is 21.6 Å². The minimum atomic E-state index is -4.07. The molecule has 0 atom stereocenters. The Kier molecular flexibility index (Phi) is 6.92. The first-order chi connectivity index (χ1) is 16.5. The first-order valence-corrected chi connectivity index (χ1v) is 14.0. The highest BCUT2D eigenvalue weighted by molar-refractivity contribution is 7.92. The number of anilines is 2. The molecule has 35 heavy (non-hydrogen) atoms.